The molecule has 1 unspecified atom stereocenters. The third-order valence-corrected chi connectivity index (χ3v) is 3.85. The molecule has 2 N–H and O–H groups in total. The van der Waals surface area contributed by atoms with Gasteiger partial charge < -0.3 is 5.73 Å². The molecule has 0 saturated heterocycles. The van der Waals surface area contributed by atoms with Crippen LogP contribution in [0.2, 0.25) is 0 Å². The molecule has 0 amide bonds. The van der Waals surface area contributed by atoms with Gasteiger partial charge in [-0.05, 0) is 35.2 Å². The third kappa shape index (κ3) is 3.46. The second-order valence-electron chi connectivity index (χ2n) is 4.38. The molecule has 1 aromatic heterocycles. The van der Waals surface area contributed by atoms with Crippen LogP contribution in [-0.4, -0.2) is 12.2 Å². The highest BCUT2D eigenvalue weighted by atomic mass is 32.1. The number of nitrogens with two attached hydrogens (primary N) is 1. The first kappa shape index (κ1) is 13.4. The fourth-order valence-corrected chi connectivity index (χ4v) is 2.90. The van der Waals surface area contributed by atoms with Crippen molar-refractivity contribution in [3.8, 4) is 0 Å². The predicted octanol–water partition coefficient (Wildman–Crippen LogP) is 4.11. The molecule has 2 aromatic rings. The minimum atomic E-state index is -4.12. The SMILES string of the molecule is NC(CCC(F)(F)F)Cc1csc2ccccc12. The molecule has 1 heterocycles. The van der Waals surface area contributed by atoms with Crippen molar-refractivity contribution >= 4 is 21.4 Å². The van der Waals surface area contributed by atoms with Gasteiger partial charge in [0, 0.05) is 17.2 Å². The number of thiophene rings is 1. The monoisotopic (exact) mass is 273 g/mol. The van der Waals surface area contributed by atoms with Crippen molar-refractivity contribution in [2.75, 3.05) is 0 Å². The Balaban J connectivity index is 2.01. The van der Waals surface area contributed by atoms with Crippen LogP contribution in [0.25, 0.3) is 10.1 Å². The van der Waals surface area contributed by atoms with Crippen LogP contribution in [0.3, 0.4) is 0 Å². The van der Waals surface area contributed by atoms with Gasteiger partial charge in [-0.3, -0.25) is 0 Å². The van der Waals surface area contributed by atoms with Crippen molar-refractivity contribution in [1.29, 1.82) is 0 Å². The summed E-state index contributed by atoms with van der Waals surface area (Å²) in [6.45, 7) is 0. The molecule has 0 aliphatic heterocycles. The molecule has 0 aliphatic rings. The van der Waals surface area contributed by atoms with E-state index in [2.05, 4.69) is 0 Å². The lowest BCUT2D eigenvalue weighted by atomic mass is 10.0. The van der Waals surface area contributed by atoms with Gasteiger partial charge in [-0.2, -0.15) is 13.2 Å². The first-order valence-electron chi connectivity index (χ1n) is 5.73. The molecule has 0 radical (unpaired) electrons. The van der Waals surface area contributed by atoms with Crippen molar-refractivity contribution in [3.05, 3.63) is 35.2 Å². The summed E-state index contributed by atoms with van der Waals surface area (Å²) in [5.74, 6) is 0. The first-order valence-corrected chi connectivity index (χ1v) is 6.61. The van der Waals surface area contributed by atoms with Crippen LogP contribution >= 0.6 is 11.3 Å². The van der Waals surface area contributed by atoms with E-state index in [-0.39, 0.29) is 6.42 Å². The number of fused-ring (bicyclic) bond motifs is 1. The highest BCUT2D eigenvalue weighted by molar-refractivity contribution is 7.17. The summed E-state index contributed by atoms with van der Waals surface area (Å²) in [5, 5.41) is 3.09. The molecule has 98 valence electrons. The third-order valence-electron chi connectivity index (χ3n) is 2.84. The topological polar surface area (TPSA) is 26.0 Å². The summed E-state index contributed by atoms with van der Waals surface area (Å²) in [7, 11) is 0. The number of rotatable bonds is 4. The van der Waals surface area contributed by atoms with Gasteiger partial charge in [0.15, 0.2) is 0 Å². The minimum absolute atomic E-state index is 0.0202. The lowest BCUT2D eigenvalue weighted by Crippen LogP contribution is -2.25. The zero-order valence-corrected chi connectivity index (χ0v) is 10.5. The van der Waals surface area contributed by atoms with Crippen molar-refractivity contribution in [2.24, 2.45) is 5.73 Å². The molecule has 2 rings (SSSR count). The van der Waals surface area contributed by atoms with Gasteiger partial charge in [0.1, 0.15) is 0 Å². The first-order chi connectivity index (χ1) is 8.46. The molecule has 5 heteroatoms. The van der Waals surface area contributed by atoms with E-state index < -0.39 is 18.6 Å². The van der Waals surface area contributed by atoms with Crippen molar-refractivity contribution < 1.29 is 13.2 Å². The maximum atomic E-state index is 12.1. The maximum absolute atomic E-state index is 12.1. The van der Waals surface area contributed by atoms with Crippen LogP contribution in [0, 0.1) is 0 Å². The molecule has 1 nitrogen and oxygen atoms in total. The van der Waals surface area contributed by atoms with E-state index in [1.807, 2.05) is 29.6 Å². The number of hydrogen-bond acceptors (Lipinski definition) is 2. The van der Waals surface area contributed by atoms with E-state index in [9.17, 15) is 13.2 Å². The lowest BCUT2D eigenvalue weighted by molar-refractivity contribution is -0.136. The fourth-order valence-electron chi connectivity index (χ4n) is 1.92. The van der Waals surface area contributed by atoms with Crippen LogP contribution in [-0.2, 0) is 6.42 Å². The second-order valence-corrected chi connectivity index (χ2v) is 5.29. The molecule has 1 atom stereocenters. The average molecular weight is 273 g/mol. The zero-order chi connectivity index (χ0) is 13.2. The summed E-state index contributed by atoms with van der Waals surface area (Å²) in [6.07, 6.45) is -4.45. The van der Waals surface area contributed by atoms with Crippen LogP contribution in [0.4, 0.5) is 13.2 Å². The molecule has 1 aromatic carbocycles. The summed E-state index contributed by atoms with van der Waals surface area (Å²) < 4.78 is 37.4. The fraction of sp³-hybridized carbons (Fsp3) is 0.385. The Kier molecular flexibility index (Phi) is 3.92. The van der Waals surface area contributed by atoms with E-state index in [0.29, 0.717) is 6.42 Å². The minimum Gasteiger partial charge on any atom is -0.327 e. The van der Waals surface area contributed by atoms with Crippen LogP contribution in [0.1, 0.15) is 18.4 Å². The predicted molar refractivity (Wildman–Crippen MR) is 68.8 cm³/mol. The molecular weight excluding hydrogens is 259 g/mol. The summed E-state index contributed by atoms with van der Waals surface area (Å²) in [4.78, 5) is 0. The molecular formula is C13H14F3NS. The lowest BCUT2D eigenvalue weighted by Gasteiger charge is -2.12. The molecule has 0 spiro atoms. The van der Waals surface area contributed by atoms with Crippen molar-refractivity contribution in [2.45, 2.75) is 31.5 Å². The molecule has 0 bridgehead atoms. The number of benzene rings is 1. The number of alkyl halides is 3. The Morgan fingerprint density at radius 3 is 2.67 bits per heavy atom. The van der Waals surface area contributed by atoms with Crippen LogP contribution < -0.4 is 5.73 Å². The Hall–Kier alpha value is -1.07. The van der Waals surface area contributed by atoms with Crippen LogP contribution in [0.5, 0.6) is 0 Å². The number of hydrogen-bond donors (Lipinski definition) is 1. The zero-order valence-electron chi connectivity index (χ0n) is 9.70. The Morgan fingerprint density at radius 1 is 1.22 bits per heavy atom. The van der Waals surface area contributed by atoms with Gasteiger partial charge in [-0.1, -0.05) is 18.2 Å². The quantitative estimate of drug-likeness (QED) is 0.891. The molecule has 0 aliphatic carbocycles. The van der Waals surface area contributed by atoms with Gasteiger partial charge in [-0.25, -0.2) is 0 Å². The average Bonchev–Trinajstić information content (AvgIpc) is 2.70. The Bertz CT molecular complexity index is 518. The van der Waals surface area contributed by atoms with Crippen molar-refractivity contribution in [1.82, 2.24) is 0 Å². The van der Waals surface area contributed by atoms with Gasteiger partial charge in [0.2, 0.25) is 0 Å². The Labute approximate surface area is 107 Å². The second kappa shape index (κ2) is 5.28. The van der Waals surface area contributed by atoms with E-state index in [0.717, 1.165) is 15.6 Å². The van der Waals surface area contributed by atoms with Crippen molar-refractivity contribution in [3.63, 3.8) is 0 Å². The summed E-state index contributed by atoms with van der Waals surface area (Å²) in [5.41, 5.74) is 6.81. The van der Waals surface area contributed by atoms with E-state index >= 15 is 0 Å². The Morgan fingerprint density at radius 2 is 1.94 bits per heavy atom. The highest BCUT2D eigenvalue weighted by Crippen LogP contribution is 2.28. The van der Waals surface area contributed by atoms with Gasteiger partial charge in [0.25, 0.3) is 0 Å². The smallest absolute Gasteiger partial charge is 0.327 e. The van der Waals surface area contributed by atoms with Gasteiger partial charge in [-0.15, -0.1) is 11.3 Å². The normalized spacial score (nSPS) is 14.0. The molecule has 0 saturated carbocycles. The number of halogens is 3. The van der Waals surface area contributed by atoms with E-state index in [4.69, 9.17) is 5.73 Å². The van der Waals surface area contributed by atoms with E-state index in [1.165, 1.54) is 0 Å². The summed E-state index contributed by atoms with van der Waals surface area (Å²) in [6, 6.07) is 7.43. The largest absolute Gasteiger partial charge is 0.389 e. The van der Waals surface area contributed by atoms with Gasteiger partial charge in [0.05, 0.1) is 0 Å². The van der Waals surface area contributed by atoms with Crippen LogP contribution in [0.15, 0.2) is 29.6 Å². The molecule has 18 heavy (non-hydrogen) atoms. The standard InChI is InChI=1S/C13H14F3NS/c14-13(15,16)6-5-10(17)7-9-8-18-12-4-2-1-3-11(9)12/h1-4,8,10H,5-7,17H2. The van der Waals surface area contributed by atoms with E-state index in [1.54, 1.807) is 11.3 Å². The summed E-state index contributed by atoms with van der Waals surface area (Å²) >= 11 is 1.60. The highest BCUT2D eigenvalue weighted by Gasteiger charge is 2.27. The van der Waals surface area contributed by atoms with Gasteiger partial charge >= 0.3 is 6.18 Å². The maximum Gasteiger partial charge on any atom is 0.389 e. The molecule has 0 fully saturated rings.